The molecule has 2 aromatic rings. The molecule has 0 bridgehead atoms. The Morgan fingerprint density at radius 2 is 1.96 bits per heavy atom. The van der Waals surface area contributed by atoms with Gasteiger partial charge in [0, 0.05) is 31.4 Å². The second kappa shape index (κ2) is 6.78. The van der Waals surface area contributed by atoms with Gasteiger partial charge in [0.25, 0.3) is 6.43 Å². The van der Waals surface area contributed by atoms with Crippen LogP contribution in [0.3, 0.4) is 0 Å². The molecule has 0 unspecified atom stereocenters. The standard InChI is InChI=1S/C17H20ClF2N3O/c1-12-13(10-22-8-6-17(24,7-9-22)16(19)20)11-23(21-12)15-5-3-2-4-14(15)18/h2-5,11,16,24H,6-10H2,1H3. The lowest BCUT2D eigenvalue weighted by molar-refractivity contribution is -0.127. The van der Waals surface area contributed by atoms with Crippen LogP contribution in [-0.4, -0.2) is 44.9 Å². The van der Waals surface area contributed by atoms with E-state index in [-0.39, 0.29) is 12.8 Å². The zero-order valence-corrected chi connectivity index (χ0v) is 14.2. The topological polar surface area (TPSA) is 41.3 Å². The summed E-state index contributed by atoms with van der Waals surface area (Å²) in [7, 11) is 0. The van der Waals surface area contributed by atoms with Gasteiger partial charge in [-0.05, 0) is 31.9 Å². The number of hydrogen-bond donors (Lipinski definition) is 1. The van der Waals surface area contributed by atoms with Crippen molar-refractivity contribution in [2.24, 2.45) is 0 Å². The van der Waals surface area contributed by atoms with Gasteiger partial charge < -0.3 is 5.11 Å². The molecular weight excluding hydrogens is 336 g/mol. The molecule has 0 saturated carbocycles. The van der Waals surface area contributed by atoms with E-state index in [2.05, 4.69) is 10.00 Å². The van der Waals surface area contributed by atoms with Gasteiger partial charge in [0.15, 0.2) is 0 Å². The first-order valence-corrected chi connectivity index (χ1v) is 8.30. The summed E-state index contributed by atoms with van der Waals surface area (Å²) in [5.41, 5.74) is 0.870. The molecule has 1 aliphatic heterocycles. The van der Waals surface area contributed by atoms with E-state index in [1.165, 1.54) is 0 Å². The lowest BCUT2D eigenvalue weighted by Gasteiger charge is -2.37. The number of para-hydroxylation sites is 1. The van der Waals surface area contributed by atoms with Crippen LogP contribution in [0.4, 0.5) is 8.78 Å². The number of benzene rings is 1. The second-order valence-corrected chi connectivity index (χ2v) is 6.72. The van der Waals surface area contributed by atoms with E-state index >= 15 is 0 Å². The Labute approximate surface area is 144 Å². The average molecular weight is 356 g/mol. The quantitative estimate of drug-likeness (QED) is 0.913. The van der Waals surface area contributed by atoms with Crippen LogP contribution in [0, 0.1) is 6.92 Å². The molecule has 1 N–H and O–H groups in total. The van der Waals surface area contributed by atoms with Crippen LogP contribution in [0.25, 0.3) is 5.69 Å². The Bertz CT molecular complexity index is 712. The average Bonchev–Trinajstić information content (AvgIpc) is 2.91. The van der Waals surface area contributed by atoms with Crippen molar-refractivity contribution in [1.82, 2.24) is 14.7 Å². The second-order valence-electron chi connectivity index (χ2n) is 6.32. The van der Waals surface area contributed by atoms with E-state index in [4.69, 9.17) is 11.6 Å². The van der Waals surface area contributed by atoms with Crippen molar-refractivity contribution < 1.29 is 13.9 Å². The molecule has 1 aromatic heterocycles. The van der Waals surface area contributed by atoms with Gasteiger partial charge >= 0.3 is 0 Å². The molecule has 1 aliphatic rings. The summed E-state index contributed by atoms with van der Waals surface area (Å²) in [5, 5.41) is 15.0. The highest BCUT2D eigenvalue weighted by Gasteiger charge is 2.40. The molecule has 0 radical (unpaired) electrons. The van der Waals surface area contributed by atoms with E-state index in [0.717, 1.165) is 16.9 Å². The van der Waals surface area contributed by atoms with Crippen LogP contribution < -0.4 is 0 Å². The number of halogens is 3. The highest BCUT2D eigenvalue weighted by atomic mass is 35.5. The predicted molar refractivity (Wildman–Crippen MR) is 88.8 cm³/mol. The molecule has 0 amide bonds. The molecule has 0 atom stereocenters. The van der Waals surface area contributed by atoms with Gasteiger partial charge in [-0.3, -0.25) is 4.90 Å². The third kappa shape index (κ3) is 3.45. The van der Waals surface area contributed by atoms with Crippen LogP contribution in [0.1, 0.15) is 24.1 Å². The van der Waals surface area contributed by atoms with E-state index < -0.39 is 12.0 Å². The zero-order chi connectivity index (χ0) is 17.3. The fourth-order valence-corrected chi connectivity index (χ4v) is 3.19. The van der Waals surface area contributed by atoms with Crippen molar-refractivity contribution in [3.05, 3.63) is 46.7 Å². The number of hydrogen-bond acceptors (Lipinski definition) is 3. The number of nitrogens with zero attached hydrogens (tertiary/aromatic N) is 3. The molecule has 7 heteroatoms. The van der Waals surface area contributed by atoms with Gasteiger partial charge in [-0.15, -0.1) is 0 Å². The van der Waals surface area contributed by atoms with Crippen molar-refractivity contribution in [2.75, 3.05) is 13.1 Å². The number of aryl methyl sites for hydroxylation is 1. The summed E-state index contributed by atoms with van der Waals surface area (Å²) in [5.74, 6) is 0. The van der Waals surface area contributed by atoms with Crippen molar-refractivity contribution in [2.45, 2.75) is 38.3 Å². The summed E-state index contributed by atoms with van der Waals surface area (Å²) in [6.07, 6.45) is -0.598. The maximum atomic E-state index is 12.9. The van der Waals surface area contributed by atoms with Crippen LogP contribution in [0.2, 0.25) is 5.02 Å². The molecule has 1 aromatic carbocycles. The van der Waals surface area contributed by atoms with E-state index in [0.29, 0.717) is 24.7 Å². The smallest absolute Gasteiger partial charge is 0.266 e. The third-order valence-corrected chi connectivity index (χ3v) is 4.94. The Balaban J connectivity index is 1.70. The van der Waals surface area contributed by atoms with Crippen LogP contribution in [-0.2, 0) is 6.54 Å². The molecule has 1 saturated heterocycles. The summed E-state index contributed by atoms with van der Waals surface area (Å²) in [4.78, 5) is 2.07. The fourth-order valence-electron chi connectivity index (χ4n) is 2.97. The Morgan fingerprint density at radius 3 is 2.58 bits per heavy atom. The Morgan fingerprint density at radius 1 is 1.29 bits per heavy atom. The molecule has 4 nitrogen and oxygen atoms in total. The molecule has 0 spiro atoms. The Hall–Kier alpha value is -1.50. The van der Waals surface area contributed by atoms with Crippen molar-refractivity contribution in [3.63, 3.8) is 0 Å². The summed E-state index contributed by atoms with van der Waals surface area (Å²) >= 11 is 6.20. The number of piperidine rings is 1. The summed E-state index contributed by atoms with van der Waals surface area (Å²) < 4.78 is 27.5. The number of aromatic nitrogens is 2. The van der Waals surface area contributed by atoms with E-state index in [1.54, 1.807) is 4.68 Å². The molecule has 0 aliphatic carbocycles. The van der Waals surface area contributed by atoms with Gasteiger partial charge in [0.1, 0.15) is 5.60 Å². The normalized spacial score (nSPS) is 18.2. The molecule has 130 valence electrons. The van der Waals surface area contributed by atoms with Crippen molar-refractivity contribution >= 4 is 11.6 Å². The molecule has 1 fully saturated rings. The van der Waals surface area contributed by atoms with Crippen molar-refractivity contribution in [3.8, 4) is 5.69 Å². The fraction of sp³-hybridized carbons (Fsp3) is 0.471. The lowest BCUT2D eigenvalue weighted by Crippen LogP contribution is -2.48. The van der Waals surface area contributed by atoms with E-state index in [9.17, 15) is 13.9 Å². The Kier molecular flexibility index (Phi) is 4.90. The van der Waals surface area contributed by atoms with Crippen LogP contribution in [0.5, 0.6) is 0 Å². The highest BCUT2D eigenvalue weighted by Crippen LogP contribution is 2.29. The highest BCUT2D eigenvalue weighted by molar-refractivity contribution is 6.32. The van der Waals surface area contributed by atoms with Gasteiger partial charge in [0.2, 0.25) is 0 Å². The minimum Gasteiger partial charge on any atom is -0.384 e. The van der Waals surface area contributed by atoms with Gasteiger partial charge in [-0.1, -0.05) is 23.7 Å². The molecule has 24 heavy (non-hydrogen) atoms. The third-order valence-electron chi connectivity index (χ3n) is 4.62. The monoisotopic (exact) mass is 355 g/mol. The number of likely N-dealkylation sites (tertiary alicyclic amines) is 1. The molecule has 2 heterocycles. The number of alkyl halides is 2. The van der Waals surface area contributed by atoms with E-state index in [1.807, 2.05) is 37.4 Å². The number of rotatable bonds is 4. The lowest BCUT2D eigenvalue weighted by atomic mass is 9.92. The van der Waals surface area contributed by atoms with Crippen LogP contribution in [0.15, 0.2) is 30.5 Å². The van der Waals surface area contributed by atoms with Crippen LogP contribution >= 0.6 is 11.6 Å². The molecule has 3 rings (SSSR count). The molecular formula is C17H20ClF2N3O. The maximum Gasteiger partial charge on any atom is 0.266 e. The minimum absolute atomic E-state index is 0.0857. The first-order valence-electron chi connectivity index (χ1n) is 7.92. The first kappa shape index (κ1) is 17.3. The maximum absolute atomic E-state index is 12.9. The first-order chi connectivity index (χ1) is 11.4. The minimum atomic E-state index is -2.69. The van der Waals surface area contributed by atoms with Gasteiger partial charge in [0.05, 0.1) is 16.4 Å². The predicted octanol–water partition coefficient (Wildman–Crippen LogP) is 3.43. The van der Waals surface area contributed by atoms with Gasteiger partial charge in [-0.25, -0.2) is 13.5 Å². The SMILES string of the molecule is Cc1nn(-c2ccccc2Cl)cc1CN1CCC(O)(C(F)F)CC1. The van der Waals surface area contributed by atoms with Crippen molar-refractivity contribution in [1.29, 1.82) is 0 Å². The number of aliphatic hydroxyl groups is 1. The zero-order valence-electron chi connectivity index (χ0n) is 13.4. The largest absolute Gasteiger partial charge is 0.384 e. The summed E-state index contributed by atoms with van der Waals surface area (Å²) in [6.45, 7) is 3.42. The van der Waals surface area contributed by atoms with Gasteiger partial charge in [-0.2, -0.15) is 5.10 Å². The summed E-state index contributed by atoms with van der Waals surface area (Å²) in [6, 6.07) is 7.46.